The highest BCUT2D eigenvalue weighted by atomic mass is 31.2. The van der Waals surface area contributed by atoms with Gasteiger partial charge >= 0.3 is 0 Å². The van der Waals surface area contributed by atoms with Crippen molar-refractivity contribution in [2.45, 2.75) is 39.8 Å². The van der Waals surface area contributed by atoms with E-state index >= 15 is 0 Å². The summed E-state index contributed by atoms with van der Waals surface area (Å²) in [5.74, 6) is 0.991. The summed E-state index contributed by atoms with van der Waals surface area (Å²) < 4.78 is 5.27. The average molecular weight is 310 g/mol. The van der Waals surface area contributed by atoms with Crippen LogP contribution in [0.1, 0.15) is 31.4 Å². The van der Waals surface area contributed by atoms with Crippen molar-refractivity contribution in [1.29, 1.82) is 0 Å². The number of hydrogen-bond acceptors (Lipinski definition) is 2. The monoisotopic (exact) mass is 310 g/mol. The van der Waals surface area contributed by atoms with E-state index in [0.717, 1.165) is 35.1 Å². The Morgan fingerprint density at radius 1 is 1.24 bits per heavy atom. The number of rotatable bonds is 6. The van der Waals surface area contributed by atoms with Crippen LogP contribution in [-0.2, 0) is 4.79 Å². The molecule has 118 valence electrons. The minimum Gasteiger partial charge on any atom is -0.497 e. The quantitative estimate of drug-likeness (QED) is 0.794. The predicted molar refractivity (Wildman–Crippen MR) is 94.5 cm³/mol. The van der Waals surface area contributed by atoms with E-state index in [1.54, 1.807) is 7.11 Å². The van der Waals surface area contributed by atoms with Crippen molar-refractivity contribution in [3.63, 3.8) is 0 Å². The van der Waals surface area contributed by atoms with E-state index in [1.165, 1.54) is 0 Å². The van der Waals surface area contributed by atoms with Gasteiger partial charge in [0.2, 0.25) is 0 Å². The summed E-state index contributed by atoms with van der Waals surface area (Å²) >= 11 is 0. The van der Waals surface area contributed by atoms with Crippen molar-refractivity contribution in [1.82, 2.24) is 0 Å². The minimum atomic E-state index is -1.21. The third-order valence-electron chi connectivity index (χ3n) is 4.34. The minimum absolute atomic E-state index is 0.128. The molecule has 1 atom stereocenters. The lowest BCUT2D eigenvalue weighted by Gasteiger charge is -2.26. The van der Waals surface area contributed by atoms with Gasteiger partial charge in [-0.25, -0.2) is 0 Å². The molecule has 0 saturated heterocycles. The molecule has 0 bridgehead atoms. The van der Waals surface area contributed by atoms with Crippen molar-refractivity contribution in [3.05, 3.63) is 23.3 Å². The van der Waals surface area contributed by atoms with Gasteiger partial charge in [0.25, 0.3) is 5.91 Å². The van der Waals surface area contributed by atoms with Crippen LogP contribution in [0.3, 0.4) is 0 Å². The third-order valence-corrected chi connectivity index (χ3v) is 8.26. The van der Waals surface area contributed by atoms with E-state index in [-0.39, 0.29) is 11.6 Å². The molecule has 0 aliphatic heterocycles. The van der Waals surface area contributed by atoms with Gasteiger partial charge in [0, 0.05) is 26.3 Å². The van der Waals surface area contributed by atoms with Gasteiger partial charge in [-0.2, -0.15) is 0 Å². The third kappa shape index (κ3) is 4.20. The molecule has 1 rings (SSSR count). The first-order valence-electron chi connectivity index (χ1n) is 7.55. The maximum absolute atomic E-state index is 12.7. The molecule has 0 heterocycles. The van der Waals surface area contributed by atoms with Gasteiger partial charge in [0.1, 0.15) is 11.4 Å². The van der Waals surface area contributed by atoms with Gasteiger partial charge in [-0.1, -0.05) is 6.92 Å². The number of nitrogens with one attached hydrogen (secondary N) is 1. The standard InChI is InChI=1S/C17H28NO2P/c1-8-15(21(6,7)9-2)17(19)18-16-12(3)10-14(20-5)11-13(16)4/h10-11,15H,8-9H2,1-7H3/p+1. The van der Waals surface area contributed by atoms with Crippen LogP contribution in [0.15, 0.2) is 12.1 Å². The van der Waals surface area contributed by atoms with Crippen LogP contribution in [-0.4, -0.2) is 38.2 Å². The van der Waals surface area contributed by atoms with Crippen LogP contribution in [0.4, 0.5) is 5.69 Å². The molecule has 0 aliphatic rings. The average Bonchev–Trinajstić information content (AvgIpc) is 2.43. The van der Waals surface area contributed by atoms with Gasteiger partial charge in [-0.3, -0.25) is 4.79 Å². The predicted octanol–water partition coefficient (Wildman–Crippen LogP) is 4.33. The van der Waals surface area contributed by atoms with E-state index < -0.39 is 7.26 Å². The topological polar surface area (TPSA) is 38.3 Å². The lowest BCUT2D eigenvalue weighted by atomic mass is 10.1. The van der Waals surface area contributed by atoms with Gasteiger partial charge < -0.3 is 10.1 Å². The molecule has 0 spiro atoms. The van der Waals surface area contributed by atoms with Gasteiger partial charge in [-0.15, -0.1) is 0 Å². The van der Waals surface area contributed by atoms with Crippen LogP contribution in [0.2, 0.25) is 0 Å². The number of ether oxygens (including phenoxy) is 1. The molecular weight excluding hydrogens is 281 g/mol. The van der Waals surface area contributed by atoms with Crippen LogP contribution >= 0.6 is 7.26 Å². The zero-order valence-corrected chi connectivity index (χ0v) is 15.3. The van der Waals surface area contributed by atoms with Gasteiger partial charge in [-0.05, 0) is 50.5 Å². The molecule has 21 heavy (non-hydrogen) atoms. The molecule has 3 nitrogen and oxygen atoms in total. The molecule has 0 aromatic heterocycles. The lowest BCUT2D eigenvalue weighted by Crippen LogP contribution is -2.30. The summed E-state index contributed by atoms with van der Waals surface area (Å²) in [6.45, 7) is 12.9. The van der Waals surface area contributed by atoms with Gasteiger partial charge in [0.05, 0.1) is 13.3 Å². The molecule has 1 unspecified atom stereocenters. The number of aryl methyl sites for hydroxylation is 2. The number of benzene rings is 1. The largest absolute Gasteiger partial charge is 0.497 e. The summed E-state index contributed by atoms with van der Waals surface area (Å²) in [5, 5.41) is 3.15. The highest BCUT2D eigenvalue weighted by Crippen LogP contribution is 2.57. The second kappa shape index (κ2) is 7.26. The smallest absolute Gasteiger partial charge is 0.265 e. The highest BCUT2D eigenvalue weighted by molar-refractivity contribution is 7.76. The Morgan fingerprint density at radius 3 is 2.14 bits per heavy atom. The fourth-order valence-electron chi connectivity index (χ4n) is 2.66. The van der Waals surface area contributed by atoms with E-state index in [4.69, 9.17) is 4.74 Å². The second-order valence-corrected chi connectivity index (χ2v) is 11.0. The summed E-state index contributed by atoms with van der Waals surface area (Å²) in [7, 11) is 0.452. The molecule has 1 aromatic rings. The van der Waals surface area contributed by atoms with Crippen molar-refractivity contribution < 1.29 is 9.53 Å². The highest BCUT2D eigenvalue weighted by Gasteiger charge is 2.39. The van der Waals surface area contributed by atoms with Crippen molar-refractivity contribution in [2.75, 3.05) is 31.9 Å². The van der Waals surface area contributed by atoms with E-state index in [9.17, 15) is 4.79 Å². The van der Waals surface area contributed by atoms with E-state index in [1.807, 2.05) is 26.0 Å². The fraction of sp³-hybridized carbons (Fsp3) is 0.588. The molecule has 0 fully saturated rings. The summed E-state index contributed by atoms with van der Waals surface area (Å²) in [6, 6.07) is 3.92. The first kappa shape index (κ1) is 18.0. The fourth-order valence-corrected chi connectivity index (χ4v) is 4.79. The molecule has 0 saturated carbocycles. The van der Waals surface area contributed by atoms with E-state index in [2.05, 4.69) is 32.5 Å². The second-order valence-electron chi connectivity index (χ2n) is 6.14. The van der Waals surface area contributed by atoms with Crippen LogP contribution in [0, 0.1) is 13.8 Å². The Balaban J connectivity index is 3.03. The van der Waals surface area contributed by atoms with E-state index in [0.29, 0.717) is 0 Å². The van der Waals surface area contributed by atoms with Crippen LogP contribution in [0.5, 0.6) is 5.75 Å². The molecule has 0 radical (unpaired) electrons. The molecule has 4 heteroatoms. The number of amides is 1. The molecule has 1 aromatic carbocycles. The van der Waals surface area contributed by atoms with Crippen molar-refractivity contribution in [3.8, 4) is 5.75 Å². The number of carbonyl (C=O) groups is 1. The van der Waals surface area contributed by atoms with Crippen molar-refractivity contribution in [2.24, 2.45) is 0 Å². The Bertz CT molecular complexity index is 489. The normalized spacial score (nSPS) is 12.9. The molecule has 1 amide bonds. The Kier molecular flexibility index (Phi) is 6.22. The number of anilines is 1. The Labute approximate surface area is 129 Å². The maximum atomic E-state index is 12.7. The Morgan fingerprint density at radius 2 is 1.76 bits per heavy atom. The zero-order chi connectivity index (χ0) is 16.2. The zero-order valence-electron chi connectivity index (χ0n) is 14.4. The first-order chi connectivity index (χ1) is 9.76. The SMILES string of the molecule is CCC(C(=O)Nc1c(C)cc(OC)cc1C)[P+](C)(C)CC. The van der Waals surface area contributed by atoms with Crippen LogP contribution in [0.25, 0.3) is 0 Å². The number of methoxy groups -OCH3 is 1. The molecule has 0 aliphatic carbocycles. The van der Waals surface area contributed by atoms with Gasteiger partial charge in [0.15, 0.2) is 0 Å². The summed E-state index contributed by atoms with van der Waals surface area (Å²) in [4.78, 5) is 12.7. The number of carbonyl (C=O) groups excluding carboxylic acids is 1. The first-order valence-corrected chi connectivity index (χ1v) is 10.5. The number of hydrogen-bond donors (Lipinski definition) is 1. The summed E-state index contributed by atoms with van der Waals surface area (Å²) in [6.07, 6.45) is 1.99. The summed E-state index contributed by atoms with van der Waals surface area (Å²) in [5.41, 5.74) is 3.14. The van der Waals surface area contributed by atoms with Crippen LogP contribution < -0.4 is 10.1 Å². The maximum Gasteiger partial charge on any atom is 0.265 e. The Hall–Kier alpha value is -1.08. The lowest BCUT2D eigenvalue weighted by molar-refractivity contribution is -0.115. The molecular formula is C17H29NO2P+. The molecule has 1 N–H and O–H groups in total. The van der Waals surface area contributed by atoms with Crippen molar-refractivity contribution >= 4 is 18.9 Å².